The molecule has 0 unspecified atom stereocenters. The molecule has 0 fully saturated rings. The first-order valence-electron chi connectivity index (χ1n) is 7.58. The third-order valence-electron chi connectivity index (χ3n) is 4.16. The number of nitrogens with zero attached hydrogens (tertiary/aromatic N) is 1. The normalized spacial score (nSPS) is 11.5. The van der Waals surface area contributed by atoms with Gasteiger partial charge in [-0.3, -0.25) is 0 Å². The van der Waals surface area contributed by atoms with Crippen molar-refractivity contribution in [1.29, 1.82) is 0 Å². The number of para-hydroxylation sites is 1. The highest BCUT2D eigenvalue weighted by Crippen LogP contribution is 2.34. The molecule has 4 aromatic rings. The predicted octanol–water partition coefficient (Wildman–Crippen LogP) is 5.24. The minimum Gasteiger partial charge on any atom is -0.399 e. The number of anilines is 1. The Morgan fingerprint density at radius 1 is 0.870 bits per heavy atom. The van der Waals surface area contributed by atoms with Gasteiger partial charge in [0, 0.05) is 28.3 Å². The number of benzene rings is 3. The molecule has 0 saturated carbocycles. The quantitative estimate of drug-likeness (QED) is 0.406. The van der Waals surface area contributed by atoms with Crippen molar-refractivity contribution >= 4 is 42.0 Å². The zero-order valence-electron chi connectivity index (χ0n) is 12.7. The summed E-state index contributed by atoms with van der Waals surface area (Å²) in [6.07, 6.45) is 4.91. The highest BCUT2D eigenvalue weighted by atomic mass is 31.1. The lowest BCUT2D eigenvalue weighted by Gasteiger charge is -2.08. The standard InChI is InChI=1S/C20H17N2P/c1-23-13-14-7-10-19-18(11-14)17-9-8-15(21)12-20(17)22(19)16-5-3-2-4-6-16/h2-12H,1,13,21H2. The molecule has 0 bridgehead atoms. The Hall–Kier alpha value is -2.57. The molecule has 23 heavy (non-hydrogen) atoms. The molecule has 3 aromatic carbocycles. The summed E-state index contributed by atoms with van der Waals surface area (Å²) in [6, 6.07) is 23.3. The van der Waals surface area contributed by atoms with Crippen LogP contribution in [0, 0.1) is 0 Å². The maximum atomic E-state index is 6.05. The lowest BCUT2D eigenvalue weighted by Crippen LogP contribution is -1.94. The van der Waals surface area contributed by atoms with Crippen LogP contribution >= 0.6 is 8.20 Å². The second-order valence-electron chi connectivity index (χ2n) is 5.68. The van der Waals surface area contributed by atoms with Gasteiger partial charge in [0.1, 0.15) is 0 Å². The zero-order chi connectivity index (χ0) is 15.8. The van der Waals surface area contributed by atoms with Crippen LogP contribution in [0.2, 0.25) is 0 Å². The van der Waals surface area contributed by atoms with E-state index in [1.54, 1.807) is 0 Å². The minimum atomic E-state index is 0.786. The number of hydrogen-bond donors (Lipinski definition) is 1. The van der Waals surface area contributed by atoms with Gasteiger partial charge in [0.25, 0.3) is 0 Å². The zero-order valence-corrected chi connectivity index (χ0v) is 13.6. The topological polar surface area (TPSA) is 30.9 Å². The molecular weight excluding hydrogens is 299 g/mol. The molecule has 0 aliphatic rings. The summed E-state index contributed by atoms with van der Waals surface area (Å²) < 4.78 is 2.28. The number of aromatic nitrogens is 1. The van der Waals surface area contributed by atoms with E-state index in [-0.39, 0.29) is 0 Å². The van der Waals surface area contributed by atoms with Crippen molar-refractivity contribution in [1.82, 2.24) is 4.57 Å². The van der Waals surface area contributed by atoms with Crippen LogP contribution in [0.4, 0.5) is 5.69 Å². The SMILES string of the molecule is C=PCc1ccc2c(c1)c1ccc(N)cc1n2-c1ccccc1. The van der Waals surface area contributed by atoms with E-state index in [1.807, 2.05) is 12.1 Å². The van der Waals surface area contributed by atoms with E-state index in [0.29, 0.717) is 0 Å². The fourth-order valence-electron chi connectivity index (χ4n) is 3.17. The number of nitrogen functional groups attached to an aromatic ring is 1. The van der Waals surface area contributed by atoms with Crippen molar-refractivity contribution in [3.05, 3.63) is 72.3 Å². The number of nitrogens with two attached hydrogens (primary N) is 1. The highest BCUT2D eigenvalue weighted by Gasteiger charge is 2.12. The van der Waals surface area contributed by atoms with Gasteiger partial charge in [-0.05, 0) is 42.0 Å². The summed E-state index contributed by atoms with van der Waals surface area (Å²) in [7, 11) is 1.14. The molecule has 1 aromatic heterocycles. The maximum Gasteiger partial charge on any atom is 0.0561 e. The lowest BCUT2D eigenvalue weighted by molar-refractivity contribution is 1.18. The fraction of sp³-hybridized carbons (Fsp3) is 0.0500. The van der Waals surface area contributed by atoms with Gasteiger partial charge in [-0.1, -0.05) is 36.6 Å². The number of fused-ring (bicyclic) bond motifs is 3. The summed E-state index contributed by atoms with van der Waals surface area (Å²) in [5, 5.41) is 2.51. The molecule has 0 aliphatic carbocycles. The van der Waals surface area contributed by atoms with Crippen LogP contribution in [0.5, 0.6) is 0 Å². The van der Waals surface area contributed by atoms with Gasteiger partial charge in [-0.2, -0.15) is 0 Å². The van der Waals surface area contributed by atoms with Crippen molar-refractivity contribution in [2.75, 3.05) is 5.73 Å². The van der Waals surface area contributed by atoms with E-state index in [4.69, 9.17) is 5.73 Å². The van der Waals surface area contributed by atoms with Gasteiger partial charge in [0.05, 0.1) is 11.0 Å². The average Bonchev–Trinajstić information content (AvgIpc) is 2.89. The first-order valence-corrected chi connectivity index (χ1v) is 8.85. The minimum absolute atomic E-state index is 0.786. The van der Waals surface area contributed by atoms with Crippen LogP contribution in [0.15, 0.2) is 66.7 Å². The van der Waals surface area contributed by atoms with Gasteiger partial charge in [-0.25, -0.2) is 0 Å². The molecule has 0 atom stereocenters. The highest BCUT2D eigenvalue weighted by molar-refractivity contribution is 7.35. The van der Waals surface area contributed by atoms with Gasteiger partial charge in [-0.15, -0.1) is 8.20 Å². The third-order valence-corrected chi connectivity index (χ3v) is 4.75. The molecule has 112 valence electrons. The maximum absolute atomic E-state index is 6.05. The molecule has 0 aliphatic heterocycles. The Kier molecular flexibility index (Phi) is 3.40. The van der Waals surface area contributed by atoms with Crippen molar-refractivity contribution < 1.29 is 0 Å². The summed E-state index contributed by atoms with van der Waals surface area (Å²) in [6.45, 7) is 0. The molecule has 0 spiro atoms. The van der Waals surface area contributed by atoms with Gasteiger partial charge >= 0.3 is 0 Å². The molecule has 0 saturated heterocycles. The van der Waals surface area contributed by atoms with E-state index in [2.05, 4.69) is 65.5 Å². The van der Waals surface area contributed by atoms with Crippen LogP contribution in [0.25, 0.3) is 27.5 Å². The Bertz CT molecular complexity index is 1020. The molecule has 3 heteroatoms. The third kappa shape index (κ3) is 2.32. The predicted molar refractivity (Wildman–Crippen MR) is 103 cm³/mol. The van der Waals surface area contributed by atoms with Crippen LogP contribution in [-0.2, 0) is 6.16 Å². The second-order valence-corrected chi connectivity index (χ2v) is 6.44. The van der Waals surface area contributed by atoms with E-state index >= 15 is 0 Å². The Morgan fingerprint density at radius 2 is 1.70 bits per heavy atom. The number of rotatable bonds is 3. The largest absolute Gasteiger partial charge is 0.399 e. The van der Waals surface area contributed by atoms with Crippen molar-refractivity contribution in [3.63, 3.8) is 0 Å². The summed E-state index contributed by atoms with van der Waals surface area (Å²) >= 11 is 0. The average molecular weight is 316 g/mol. The van der Waals surface area contributed by atoms with Gasteiger partial charge in [0.2, 0.25) is 0 Å². The molecular formula is C20H17N2P. The monoisotopic (exact) mass is 316 g/mol. The van der Waals surface area contributed by atoms with Crippen LogP contribution in [-0.4, -0.2) is 10.9 Å². The molecule has 0 amide bonds. The van der Waals surface area contributed by atoms with Crippen LogP contribution < -0.4 is 5.73 Å². The second kappa shape index (κ2) is 5.57. The van der Waals surface area contributed by atoms with E-state index in [1.165, 1.54) is 21.9 Å². The molecule has 4 rings (SSSR count). The molecule has 1 heterocycles. The molecule has 2 nitrogen and oxygen atoms in total. The smallest absolute Gasteiger partial charge is 0.0561 e. The Morgan fingerprint density at radius 3 is 2.48 bits per heavy atom. The van der Waals surface area contributed by atoms with Crippen LogP contribution in [0.1, 0.15) is 5.56 Å². The van der Waals surface area contributed by atoms with Gasteiger partial charge in [0.15, 0.2) is 0 Å². The first kappa shape index (κ1) is 14.0. The lowest BCUT2D eigenvalue weighted by atomic mass is 10.1. The molecule has 0 radical (unpaired) electrons. The van der Waals surface area contributed by atoms with Crippen molar-refractivity contribution in [3.8, 4) is 5.69 Å². The summed E-state index contributed by atoms with van der Waals surface area (Å²) in [5.41, 5.74) is 11.7. The van der Waals surface area contributed by atoms with Gasteiger partial charge < -0.3 is 10.3 Å². The van der Waals surface area contributed by atoms with Crippen molar-refractivity contribution in [2.45, 2.75) is 6.16 Å². The van der Waals surface area contributed by atoms with Crippen molar-refractivity contribution in [2.24, 2.45) is 0 Å². The van der Waals surface area contributed by atoms with E-state index in [9.17, 15) is 0 Å². The summed E-state index contributed by atoms with van der Waals surface area (Å²) in [4.78, 5) is 0. The van der Waals surface area contributed by atoms with Crippen LogP contribution in [0.3, 0.4) is 0 Å². The molecule has 2 N–H and O–H groups in total. The Balaban J connectivity index is 2.13. The fourth-order valence-corrected chi connectivity index (χ4v) is 3.62. The number of hydrogen-bond acceptors (Lipinski definition) is 1. The first-order chi connectivity index (χ1) is 11.3. The summed E-state index contributed by atoms with van der Waals surface area (Å²) in [5.74, 6) is 0. The van der Waals surface area contributed by atoms with E-state index in [0.717, 1.165) is 31.3 Å². The van der Waals surface area contributed by atoms with E-state index < -0.39 is 0 Å². The Labute approximate surface area is 137 Å².